The van der Waals surface area contributed by atoms with Gasteiger partial charge >= 0.3 is 0 Å². The van der Waals surface area contributed by atoms with Gasteiger partial charge in [0.05, 0.1) is 11.9 Å². The third-order valence-corrected chi connectivity index (χ3v) is 7.12. The fourth-order valence-electron chi connectivity index (χ4n) is 3.14. The van der Waals surface area contributed by atoms with Crippen LogP contribution in [0.5, 0.6) is 0 Å². The molecule has 2 aromatic carbocycles. The maximum Gasteiger partial charge on any atom is 0.244 e. The summed E-state index contributed by atoms with van der Waals surface area (Å²) in [6.45, 7) is 4.32. The molecule has 0 unspecified atom stereocenters. The van der Waals surface area contributed by atoms with Gasteiger partial charge in [-0.25, -0.2) is 17.2 Å². The van der Waals surface area contributed by atoms with Crippen molar-refractivity contribution >= 4 is 50.7 Å². The number of anilines is 1. The number of benzene rings is 2. The molecule has 12 heteroatoms. The Kier molecular flexibility index (Phi) is 9.88. The minimum Gasteiger partial charge on any atom is -0.352 e. The normalized spacial score (nSPS) is 13.1. The van der Waals surface area contributed by atoms with E-state index in [9.17, 15) is 26.8 Å². The number of halogens is 4. The van der Waals surface area contributed by atoms with E-state index >= 15 is 0 Å². The maximum absolute atomic E-state index is 13.8. The molecule has 2 atom stereocenters. The average molecular weight is 550 g/mol. The molecular weight excluding hydrogens is 523 g/mol. The second-order valence-corrected chi connectivity index (χ2v) is 10.9. The monoisotopic (exact) mass is 549 g/mol. The smallest absolute Gasteiger partial charge is 0.244 e. The lowest BCUT2D eigenvalue weighted by Crippen LogP contribution is -2.52. The van der Waals surface area contributed by atoms with Crippen LogP contribution in [0.2, 0.25) is 10.0 Å². The van der Waals surface area contributed by atoms with Crippen LogP contribution < -0.4 is 9.62 Å². The highest BCUT2D eigenvalue weighted by Crippen LogP contribution is 2.25. The predicted octanol–water partition coefficient (Wildman–Crippen LogP) is 4.37. The summed E-state index contributed by atoms with van der Waals surface area (Å²) in [4.78, 5) is 27.4. The summed E-state index contributed by atoms with van der Waals surface area (Å²) >= 11 is 12.2. The largest absolute Gasteiger partial charge is 0.352 e. The van der Waals surface area contributed by atoms with Gasteiger partial charge in [-0.3, -0.25) is 13.9 Å². The number of carbonyl (C=O) groups is 2. The quantitative estimate of drug-likeness (QED) is 0.476. The molecular formula is C23H27Cl2F2N3O4S. The summed E-state index contributed by atoms with van der Waals surface area (Å²) < 4.78 is 52.8. The summed E-state index contributed by atoms with van der Waals surface area (Å²) in [6, 6.07) is 5.98. The number of carbonyl (C=O) groups excluding carboxylic acids is 2. The molecule has 0 aliphatic carbocycles. The SMILES string of the molecule is CC[C@H](C)NC(=O)[C@@H](C)N(Cc1ccc(Cl)cc1Cl)C(=O)CN(c1ccc(F)c(F)c1)S(C)(=O)=O. The van der Waals surface area contributed by atoms with Crippen LogP contribution in [0.3, 0.4) is 0 Å². The molecule has 2 rings (SSSR count). The highest BCUT2D eigenvalue weighted by atomic mass is 35.5. The van der Waals surface area contributed by atoms with Crippen LogP contribution in [-0.2, 0) is 26.2 Å². The third kappa shape index (κ3) is 7.78. The molecule has 1 N–H and O–H groups in total. The molecule has 0 aliphatic rings. The van der Waals surface area contributed by atoms with Crippen molar-refractivity contribution < 1.29 is 26.8 Å². The maximum atomic E-state index is 13.8. The van der Waals surface area contributed by atoms with Crippen LogP contribution in [-0.4, -0.2) is 50.0 Å². The first-order chi connectivity index (χ1) is 16.2. The Labute approximate surface area is 214 Å². The van der Waals surface area contributed by atoms with E-state index < -0.39 is 46.1 Å². The fourth-order valence-corrected chi connectivity index (χ4v) is 4.45. The third-order valence-electron chi connectivity index (χ3n) is 5.39. The molecule has 0 aliphatic heterocycles. The second-order valence-electron chi connectivity index (χ2n) is 8.12. The summed E-state index contributed by atoms with van der Waals surface area (Å²) in [6.07, 6.45) is 1.49. The molecule has 0 fully saturated rings. The Morgan fingerprint density at radius 3 is 2.26 bits per heavy atom. The fraction of sp³-hybridized carbons (Fsp3) is 0.391. The van der Waals surface area contributed by atoms with Crippen molar-refractivity contribution in [3.8, 4) is 0 Å². The van der Waals surface area contributed by atoms with E-state index in [1.54, 1.807) is 19.1 Å². The summed E-state index contributed by atoms with van der Waals surface area (Å²) in [5.41, 5.74) is 0.243. The van der Waals surface area contributed by atoms with Crippen LogP contribution in [0.1, 0.15) is 32.8 Å². The first kappa shape index (κ1) is 28.8. The Balaban J connectivity index is 2.44. The van der Waals surface area contributed by atoms with Crippen LogP contribution in [0.15, 0.2) is 36.4 Å². The molecule has 0 radical (unpaired) electrons. The van der Waals surface area contributed by atoms with Gasteiger partial charge in [-0.1, -0.05) is 36.2 Å². The van der Waals surface area contributed by atoms with E-state index in [-0.39, 0.29) is 23.3 Å². The molecule has 2 amide bonds. The van der Waals surface area contributed by atoms with Crippen molar-refractivity contribution in [2.75, 3.05) is 17.1 Å². The van der Waals surface area contributed by atoms with Crippen molar-refractivity contribution in [2.24, 2.45) is 0 Å². The average Bonchev–Trinajstić information content (AvgIpc) is 2.77. The van der Waals surface area contributed by atoms with Gasteiger partial charge in [0.25, 0.3) is 0 Å². The Morgan fingerprint density at radius 1 is 1.06 bits per heavy atom. The van der Waals surface area contributed by atoms with E-state index in [1.807, 2.05) is 6.92 Å². The molecule has 0 saturated heterocycles. The zero-order valence-electron chi connectivity index (χ0n) is 19.7. The van der Waals surface area contributed by atoms with Gasteiger partial charge in [-0.05, 0) is 50.1 Å². The van der Waals surface area contributed by atoms with Crippen molar-refractivity contribution in [3.05, 3.63) is 63.6 Å². The van der Waals surface area contributed by atoms with Crippen LogP contribution in [0, 0.1) is 11.6 Å². The highest BCUT2D eigenvalue weighted by Gasteiger charge is 2.31. The molecule has 0 saturated carbocycles. The zero-order chi connectivity index (χ0) is 26.5. The van der Waals surface area contributed by atoms with Gasteiger partial charge in [0.1, 0.15) is 12.6 Å². The zero-order valence-corrected chi connectivity index (χ0v) is 22.0. The van der Waals surface area contributed by atoms with Gasteiger partial charge in [-0.15, -0.1) is 0 Å². The molecule has 192 valence electrons. The van der Waals surface area contributed by atoms with Gasteiger partial charge in [0.2, 0.25) is 21.8 Å². The molecule has 7 nitrogen and oxygen atoms in total. The minimum atomic E-state index is -4.08. The molecule has 35 heavy (non-hydrogen) atoms. The van der Waals surface area contributed by atoms with Gasteiger partial charge in [-0.2, -0.15) is 0 Å². The van der Waals surface area contributed by atoms with E-state index in [4.69, 9.17) is 23.2 Å². The number of sulfonamides is 1. The highest BCUT2D eigenvalue weighted by molar-refractivity contribution is 7.92. The lowest BCUT2D eigenvalue weighted by molar-refractivity contribution is -0.139. The van der Waals surface area contributed by atoms with E-state index in [0.29, 0.717) is 27.4 Å². The standard InChI is InChI=1S/C23H27Cl2F2N3O4S/c1-5-14(2)28-23(32)15(3)29(12-16-6-7-17(24)10-19(16)25)22(31)13-30(35(4,33)34)18-8-9-20(26)21(27)11-18/h6-11,14-15H,5,12-13H2,1-4H3,(H,28,32)/t14-,15+/m0/s1. The van der Waals surface area contributed by atoms with Gasteiger partial charge in [0, 0.05) is 28.7 Å². The summed E-state index contributed by atoms with van der Waals surface area (Å²) in [5.74, 6) is -3.63. The molecule has 0 heterocycles. The molecule has 2 aromatic rings. The number of nitrogens with one attached hydrogen (secondary N) is 1. The molecule has 0 bridgehead atoms. The predicted molar refractivity (Wildman–Crippen MR) is 133 cm³/mol. The van der Waals surface area contributed by atoms with Crippen molar-refractivity contribution in [3.63, 3.8) is 0 Å². The first-order valence-electron chi connectivity index (χ1n) is 10.7. The van der Waals surface area contributed by atoms with Crippen LogP contribution >= 0.6 is 23.2 Å². The van der Waals surface area contributed by atoms with Crippen LogP contribution in [0.4, 0.5) is 14.5 Å². The molecule has 0 spiro atoms. The Bertz CT molecular complexity index is 1200. The lowest BCUT2D eigenvalue weighted by atomic mass is 10.1. The Morgan fingerprint density at radius 2 is 1.71 bits per heavy atom. The Hall–Kier alpha value is -2.43. The van der Waals surface area contributed by atoms with Gasteiger partial charge < -0.3 is 10.2 Å². The number of amides is 2. The molecule has 0 aromatic heterocycles. The second kappa shape index (κ2) is 12.0. The first-order valence-corrected chi connectivity index (χ1v) is 13.3. The number of rotatable bonds is 10. The van der Waals surface area contributed by atoms with E-state index in [1.165, 1.54) is 17.9 Å². The number of hydrogen-bond donors (Lipinski definition) is 1. The number of nitrogens with zero attached hydrogens (tertiary/aromatic N) is 2. The number of hydrogen-bond acceptors (Lipinski definition) is 4. The van der Waals surface area contributed by atoms with Gasteiger partial charge in [0.15, 0.2) is 11.6 Å². The van der Waals surface area contributed by atoms with Crippen molar-refractivity contribution in [2.45, 2.75) is 45.8 Å². The van der Waals surface area contributed by atoms with Crippen molar-refractivity contribution in [1.29, 1.82) is 0 Å². The van der Waals surface area contributed by atoms with Crippen LogP contribution in [0.25, 0.3) is 0 Å². The summed E-state index contributed by atoms with van der Waals surface area (Å²) in [5, 5.41) is 3.42. The minimum absolute atomic E-state index is 0.126. The topological polar surface area (TPSA) is 86.8 Å². The van der Waals surface area contributed by atoms with E-state index in [2.05, 4.69) is 5.32 Å². The summed E-state index contributed by atoms with van der Waals surface area (Å²) in [7, 11) is -4.08. The van der Waals surface area contributed by atoms with E-state index in [0.717, 1.165) is 18.4 Å². The van der Waals surface area contributed by atoms with Crippen molar-refractivity contribution in [1.82, 2.24) is 10.2 Å². The lowest BCUT2D eigenvalue weighted by Gasteiger charge is -2.32.